The molecule has 1 heterocycles. The first-order valence-electron chi connectivity index (χ1n) is 7.42. The van der Waals surface area contributed by atoms with Crippen LogP contribution in [-0.2, 0) is 9.47 Å². The Balaban J connectivity index is 1.82. The van der Waals surface area contributed by atoms with Gasteiger partial charge < -0.3 is 20.2 Å². The Bertz CT molecular complexity index is 451. The lowest BCUT2D eigenvalue weighted by atomic mass is 10.2. The first-order chi connectivity index (χ1) is 10.3. The van der Waals surface area contributed by atoms with Gasteiger partial charge in [0.25, 0.3) is 0 Å². The van der Waals surface area contributed by atoms with Crippen LogP contribution in [-0.4, -0.2) is 43.4 Å². The minimum Gasteiger partial charge on any atom is -0.382 e. The standard InChI is InChI=1S/C14H25N5O2/c1-10-12(16-6-3-7-21-9-8-20-2)17-14(11-4-5-11)18-13(10)19-15/h11H,3-9,15H2,1-2H3,(H2,16,17,18,19). The summed E-state index contributed by atoms with van der Waals surface area (Å²) in [7, 11) is 1.67. The zero-order valence-electron chi connectivity index (χ0n) is 12.8. The van der Waals surface area contributed by atoms with Gasteiger partial charge in [0.1, 0.15) is 17.5 Å². The fourth-order valence-electron chi connectivity index (χ4n) is 2.00. The van der Waals surface area contributed by atoms with Gasteiger partial charge >= 0.3 is 0 Å². The Morgan fingerprint density at radius 2 is 1.95 bits per heavy atom. The average Bonchev–Trinajstić information content (AvgIpc) is 3.32. The van der Waals surface area contributed by atoms with Crippen molar-refractivity contribution in [3.8, 4) is 0 Å². The molecule has 0 atom stereocenters. The van der Waals surface area contributed by atoms with Crippen LogP contribution in [0.4, 0.5) is 11.6 Å². The Morgan fingerprint density at radius 3 is 2.62 bits per heavy atom. The summed E-state index contributed by atoms with van der Waals surface area (Å²) in [4.78, 5) is 9.08. The summed E-state index contributed by atoms with van der Waals surface area (Å²) in [6.07, 6.45) is 3.25. The molecule has 0 spiro atoms. The molecule has 0 radical (unpaired) electrons. The van der Waals surface area contributed by atoms with Crippen LogP contribution in [0.1, 0.15) is 36.6 Å². The van der Waals surface area contributed by atoms with Crippen molar-refractivity contribution in [2.75, 3.05) is 44.2 Å². The molecule has 2 rings (SSSR count). The van der Waals surface area contributed by atoms with Crippen molar-refractivity contribution in [3.63, 3.8) is 0 Å². The lowest BCUT2D eigenvalue weighted by Gasteiger charge is -2.13. The molecule has 7 nitrogen and oxygen atoms in total. The highest BCUT2D eigenvalue weighted by Gasteiger charge is 2.28. The molecule has 1 aliphatic rings. The fourth-order valence-corrected chi connectivity index (χ4v) is 2.00. The third kappa shape index (κ3) is 4.80. The molecule has 1 saturated carbocycles. The number of aromatic nitrogens is 2. The van der Waals surface area contributed by atoms with Crippen LogP contribution in [0.15, 0.2) is 0 Å². The van der Waals surface area contributed by atoms with E-state index in [9.17, 15) is 0 Å². The number of nitrogens with zero attached hydrogens (tertiary/aromatic N) is 2. The van der Waals surface area contributed by atoms with Gasteiger partial charge in [0.15, 0.2) is 0 Å². The molecular formula is C14H25N5O2. The number of hydrogen-bond donors (Lipinski definition) is 3. The van der Waals surface area contributed by atoms with E-state index in [1.807, 2.05) is 6.92 Å². The van der Waals surface area contributed by atoms with E-state index in [2.05, 4.69) is 20.7 Å². The van der Waals surface area contributed by atoms with Gasteiger partial charge in [-0.25, -0.2) is 15.8 Å². The maximum absolute atomic E-state index is 5.53. The van der Waals surface area contributed by atoms with Crippen molar-refractivity contribution in [3.05, 3.63) is 11.4 Å². The van der Waals surface area contributed by atoms with E-state index in [0.717, 1.165) is 30.2 Å². The van der Waals surface area contributed by atoms with Crippen LogP contribution in [0.2, 0.25) is 0 Å². The van der Waals surface area contributed by atoms with Gasteiger partial charge in [-0.05, 0) is 26.2 Å². The maximum Gasteiger partial charge on any atom is 0.148 e. The van der Waals surface area contributed by atoms with Crippen molar-refractivity contribution in [2.45, 2.75) is 32.1 Å². The third-order valence-corrected chi connectivity index (χ3v) is 3.43. The highest BCUT2D eigenvalue weighted by molar-refractivity contribution is 5.57. The predicted molar refractivity (Wildman–Crippen MR) is 82.4 cm³/mol. The molecule has 7 heteroatoms. The van der Waals surface area contributed by atoms with Crippen LogP contribution < -0.4 is 16.6 Å². The summed E-state index contributed by atoms with van der Waals surface area (Å²) in [6.45, 7) is 4.74. The number of hydrogen-bond acceptors (Lipinski definition) is 7. The summed E-state index contributed by atoms with van der Waals surface area (Å²) in [5, 5.41) is 3.34. The average molecular weight is 295 g/mol. The van der Waals surface area contributed by atoms with E-state index < -0.39 is 0 Å². The zero-order valence-corrected chi connectivity index (χ0v) is 12.8. The molecule has 1 fully saturated rings. The van der Waals surface area contributed by atoms with Crippen molar-refractivity contribution < 1.29 is 9.47 Å². The second kappa shape index (κ2) is 8.11. The monoisotopic (exact) mass is 295 g/mol. The number of ether oxygens (including phenoxy) is 2. The van der Waals surface area contributed by atoms with Crippen molar-refractivity contribution in [1.82, 2.24) is 9.97 Å². The summed E-state index contributed by atoms with van der Waals surface area (Å²) in [5.74, 6) is 8.47. The lowest BCUT2D eigenvalue weighted by molar-refractivity contribution is 0.0705. The highest BCUT2D eigenvalue weighted by atomic mass is 16.5. The topological polar surface area (TPSA) is 94.3 Å². The molecule has 0 unspecified atom stereocenters. The molecule has 21 heavy (non-hydrogen) atoms. The SMILES string of the molecule is COCCOCCCNc1nc(C2CC2)nc(NN)c1C. The number of methoxy groups -OCH3 is 1. The van der Waals surface area contributed by atoms with Crippen molar-refractivity contribution in [1.29, 1.82) is 0 Å². The van der Waals surface area contributed by atoms with Crippen LogP contribution in [0, 0.1) is 6.92 Å². The summed E-state index contributed by atoms with van der Waals surface area (Å²) in [6, 6.07) is 0. The number of hydrazine groups is 1. The number of nitrogens with one attached hydrogen (secondary N) is 2. The minimum absolute atomic E-state index is 0.496. The lowest BCUT2D eigenvalue weighted by Crippen LogP contribution is -2.16. The van der Waals surface area contributed by atoms with E-state index in [1.165, 1.54) is 12.8 Å². The van der Waals surface area contributed by atoms with Gasteiger partial charge in [0.2, 0.25) is 0 Å². The second-order valence-electron chi connectivity index (χ2n) is 5.21. The maximum atomic E-state index is 5.53. The quantitative estimate of drug-likeness (QED) is 0.341. The normalized spacial score (nSPS) is 14.2. The first-order valence-corrected chi connectivity index (χ1v) is 7.42. The molecule has 1 aromatic heterocycles. The number of anilines is 2. The largest absolute Gasteiger partial charge is 0.382 e. The highest BCUT2D eigenvalue weighted by Crippen LogP contribution is 2.39. The van der Waals surface area contributed by atoms with Crippen molar-refractivity contribution in [2.24, 2.45) is 5.84 Å². The third-order valence-electron chi connectivity index (χ3n) is 3.43. The summed E-state index contributed by atoms with van der Waals surface area (Å²) in [5.41, 5.74) is 3.60. The minimum atomic E-state index is 0.496. The van der Waals surface area contributed by atoms with E-state index >= 15 is 0 Å². The summed E-state index contributed by atoms with van der Waals surface area (Å²) < 4.78 is 10.4. The van der Waals surface area contributed by atoms with Gasteiger partial charge in [-0.15, -0.1) is 0 Å². The molecule has 0 aliphatic heterocycles. The Morgan fingerprint density at radius 1 is 1.19 bits per heavy atom. The number of nitrogen functional groups attached to an aromatic ring is 1. The van der Waals surface area contributed by atoms with Gasteiger partial charge in [0.05, 0.1) is 13.2 Å². The molecule has 1 aliphatic carbocycles. The van der Waals surface area contributed by atoms with Crippen molar-refractivity contribution >= 4 is 11.6 Å². The molecule has 0 saturated heterocycles. The van der Waals surface area contributed by atoms with E-state index in [4.69, 9.17) is 15.3 Å². The molecule has 0 aromatic carbocycles. The zero-order chi connectivity index (χ0) is 15.1. The van der Waals surface area contributed by atoms with Gasteiger partial charge in [0, 0.05) is 31.7 Å². The Labute approximate surface area is 125 Å². The van der Waals surface area contributed by atoms with Crippen LogP contribution in [0.5, 0.6) is 0 Å². The fraction of sp³-hybridized carbons (Fsp3) is 0.714. The Hall–Kier alpha value is -1.44. The van der Waals surface area contributed by atoms with Gasteiger partial charge in [-0.2, -0.15) is 0 Å². The van der Waals surface area contributed by atoms with E-state index in [-0.39, 0.29) is 0 Å². The molecule has 0 amide bonds. The van der Waals surface area contributed by atoms with Crippen LogP contribution in [0.3, 0.4) is 0 Å². The molecule has 0 bridgehead atoms. The second-order valence-corrected chi connectivity index (χ2v) is 5.21. The summed E-state index contributed by atoms with van der Waals surface area (Å²) >= 11 is 0. The Kier molecular flexibility index (Phi) is 6.16. The number of nitrogens with two attached hydrogens (primary N) is 1. The van der Waals surface area contributed by atoms with Crippen LogP contribution in [0.25, 0.3) is 0 Å². The molecule has 1 aromatic rings. The van der Waals surface area contributed by atoms with E-state index in [0.29, 0.717) is 31.6 Å². The molecule has 118 valence electrons. The molecular weight excluding hydrogens is 270 g/mol. The first kappa shape index (κ1) is 15.9. The molecule has 4 N–H and O–H groups in total. The van der Waals surface area contributed by atoms with E-state index in [1.54, 1.807) is 7.11 Å². The predicted octanol–water partition coefficient (Wildman–Crippen LogP) is 1.41. The smallest absolute Gasteiger partial charge is 0.148 e. The van der Waals surface area contributed by atoms with Gasteiger partial charge in [-0.3, -0.25) is 0 Å². The van der Waals surface area contributed by atoms with Gasteiger partial charge in [-0.1, -0.05) is 0 Å². The number of rotatable bonds is 10. The van der Waals surface area contributed by atoms with Crippen LogP contribution >= 0.6 is 0 Å².